The summed E-state index contributed by atoms with van der Waals surface area (Å²) in [6.45, 7) is 5.53. The van der Waals surface area contributed by atoms with Crippen LogP contribution in [0.4, 0.5) is 0 Å². The minimum absolute atomic E-state index is 0.0346. The molecule has 1 unspecified atom stereocenters. The second-order valence-electron chi connectivity index (χ2n) is 7.72. The molecule has 0 aromatic carbocycles. The largest absolute Gasteiger partial charge is 0.383 e. The molecule has 1 aliphatic carbocycles. The monoisotopic (exact) mass is 351 g/mol. The second kappa shape index (κ2) is 8.99. The summed E-state index contributed by atoms with van der Waals surface area (Å²) in [7, 11) is 1.64. The third-order valence-corrected chi connectivity index (χ3v) is 6.10. The number of carbonyl (C=O) groups is 2. The fraction of sp³-hybridized carbons (Fsp3) is 0.895. The number of piperidine rings is 1. The third-order valence-electron chi connectivity index (χ3n) is 6.10. The number of likely N-dealkylation sites (tertiary alicyclic amines) is 1. The van der Waals surface area contributed by atoms with E-state index < -0.39 is 0 Å². The lowest BCUT2D eigenvalue weighted by Crippen LogP contribution is -2.48. The van der Waals surface area contributed by atoms with E-state index >= 15 is 0 Å². The van der Waals surface area contributed by atoms with Gasteiger partial charge in [0.15, 0.2) is 0 Å². The van der Waals surface area contributed by atoms with Gasteiger partial charge < -0.3 is 14.5 Å². The Morgan fingerprint density at radius 1 is 1.08 bits per heavy atom. The third kappa shape index (κ3) is 4.73. The van der Waals surface area contributed by atoms with Gasteiger partial charge in [-0.05, 0) is 25.7 Å². The van der Waals surface area contributed by atoms with Gasteiger partial charge in [-0.15, -0.1) is 0 Å². The zero-order valence-electron chi connectivity index (χ0n) is 15.6. The fourth-order valence-electron chi connectivity index (χ4n) is 4.58. The van der Waals surface area contributed by atoms with Crippen LogP contribution in [0, 0.1) is 5.92 Å². The first-order chi connectivity index (χ1) is 12.2. The maximum absolute atomic E-state index is 13.0. The maximum atomic E-state index is 13.0. The van der Waals surface area contributed by atoms with Gasteiger partial charge in [-0.1, -0.05) is 12.8 Å². The Balaban J connectivity index is 1.52. The van der Waals surface area contributed by atoms with E-state index in [1.165, 1.54) is 25.7 Å². The molecule has 2 aliphatic heterocycles. The predicted molar refractivity (Wildman–Crippen MR) is 96.2 cm³/mol. The highest BCUT2D eigenvalue weighted by Gasteiger charge is 2.34. The molecule has 3 rings (SSSR count). The minimum atomic E-state index is -0.0346. The van der Waals surface area contributed by atoms with E-state index in [2.05, 4.69) is 9.80 Å². The SMILES string of the molecule is COCCN1CC(C(=O)N2CCCN(C3CCCC3)CC2)CCC1=O. The molecule has 2 heterocycles. The first-order valence-corrected chi connectivity index (χ1v) is 9.98. The summed E-state index contributed by atoms with van der Waals surface area (Å²) in [5, 5.41) is 0. The normalized spacial score (nSPS) is 26.9. The molecule has 0 radical (unpaired) electrons. The molecule has 3 aliphatic rings. The van der Waals surface area contributed by atoms with E-state index in [9.17, 15) is 9.59 Å². The summed E-state index contributed by atoms with van der Waals surface area (Å²) in [5.41, 5.74) is 0. The van der Waals surface area contributed by atoms with E-state index in [1.807, 2.05) is 0 Å². The molecule has 0 N–H and O–H groups in total. The van der Waals surface area contributed by atoms with Gasteiger partial charge in [0.1, 0.15) is 0 Å². The van der Waals surface area contributed by atoms with Crippen molar-refractivity contribution in [1.82, 2.24) is 14.7 Å². The van der Waals surface area contributed by atoms with Crippen LogP contribution in [0.25, 0.3) is 0 Å². The number of nitrogens with zero attached hydrogens (tertiary/aromatic N) is 3. The number of hydrogen-bond acceptors (Lipinski definition) is 4. The van der Waals surface area contributed by atoms with Crippen LogP contribution in [-0.2, 0) is 14.3 Å². The summed E-state index contributed by atoms with van der Waals surface area (Å²) in [6, 6.07) is 0.742. The van der Waals surface area contributed by atoms with E-state index in [0.29, 0.717) is 32.5 Å². The van der Waals surface area contributed by atoms with Crippen molar-refractivity contribution in [2.45, 2.75) is 51.0 Å². The molecule has 1 saturated carbocycles. The number of methoxy groups -OCH3 is 1. The Morgan fingerprint density at radius 2 is 1.88 bits per heavy atom. The van der Waals surface area contributed by atoms with Crippen LogP contribution in [0.5, 0.6) is 0 Å². The average molecular weight is 351 g/mol. The van der Waals surface area contributed by atoms with Gasteiger partial charge in [-0.3, -0.25) is 14.5 Å². The Labute approximate surface area is 151 Å². The Bertz CT molecular complexity index is 465. The smallest absolute Gasteiger partial charge is 0.227 e. The number of rotatable bonds is 5. The highest BCUT2D eigenvalue weighted by atomic mass is 16.5. The Morgan fingerprint density at radius 3 is 2.64 bits per heavy atom. The zero-order valence-corrected chi connectivity index (χ0v) is 15.6. The van der Waals surface area contributed by atoms with Crippen LogP contribution in [0.3, 0.4) is 0 Å². The van der Waals surface area contributed by atoms with Crippen molar-refractivity contribution in [2.75, 3.05) is 53.0 Å². The molecule has 0 aromatic rings. The Hall–Kier alpha value is -1.14. The zero-order chi connectivity index (χ0) is 17.6. The lowest BCUT2D eigenvalue weighted by Gasteiger charge is -2.34. The van der Waals surface area contributed by atoms with Gasteiger partial charge in [-0.2, -0.15) is 0 Å². The molecular formula is C19H33N3O3. The lowest BCUT2D eigenvalue weighted by molar-refractivity contribution is -0.143. The van der Waals surface area contributed by atoms with E-state index in [-0.39, 0.29) is 17.7 Å². The van der Waals surface area contributed by atoms with Gasteiger partial charge in [0.2, 0.25) is 11.8 Å². The van der Waals surface area contributed by atoms with Crippen molar-refractivity contribution in [1.29, 1.82) is 0 Å². The molecule has 0 aromatic heterocycles. The molecular weight excluding hydrogens is 318 g/mol. The highest BCUT2D eigenvalue weighted by molar-refractivity contribution is 5.84. The number of carbonyl (C=O) groups excluding carboxylic acids is 2. The summed E-state index contributed by atoms with van der Waals surface area (Å²) >= 11 is 0. The van der Waals surface area contributed by atoms with Crippen LogP contribution in [0.1, 0.15) is 44.9 Å². The second-order valence-corrected chi connectivity index (χ2v) is 7.72. The maximum Gasteiger partial charge on any atom is 0.227 e. The predicted octanol–water partition coefficient (Wildman–Crippen LogP) is 1.35. The summed E-state index contributed by atoms with van der Waals surface area (Å²) < 4.78 is 5.09. The molecule has 1 atom stereocenters. The van der Waals surface area contributed by atoms with Crippen LogP contribution < -0.4 is 0 Å². The van der Waals surface area contributed by atoms with Gasteiger partial charge in [0.05, 0.1) is 12.5 Å². The number of ether oxygens (including phenoxy) is 1. The first-order valence-electron chi connectivity index (χ1n) is 9.98. The van der Waals surface area contributed by atoms with Crippen molar-refractivity contribution in [3.8, 4) is 0 Å². The fourth-order valence-corrected chi connectivity index (χ4v) is 4.58. The molecule has 3 fully saturated rings. The van der Waals surface area contributed by atoms with Gasteiger partial charge in [-0.25, -0.2) is 0 Å². The quantitative estimate of drug-likeness (QED) is 0.750. The Kier molecular flexibility index (Phi) is 6.70. The van der Waals surface area contributed by atoms with Gasteiger partial charge in [0.25, 0.3) is 0 Å². The molecule has 6 heteroatoms. The van der Waals surface area contributed by atoms with Crippen LogP contribution >= 0.6 is 0 Å². The molecule has 2 amide bonds. The van der Waals surface area contributed by atoms with Crippen LogP contribution in [0.15, 0.2) is 0 Å². The number of hydrogen-bond donors (Lipinski definition) is 0. The van der Waals surface area contributed by atoms with Crippen LogP contribution in [-0.4, -0.2) is 85.5 Å². The molecule has 25 heavy (non-hydrogen) atoms. The van der Waals surface area contributed by atoms with Crippen molar-refractivity contribution >= 4 is 11.8 Å². The topological polar surface area (TPSA) is 53.1 Å². The molecule has 0 spiro atoms. The summed E-state index contributed by atoms with van der Waals surface area (Å²) in [6.07, 6.45) is 7.63. The first kappa shape index (κ1) is 18.6. The van der Waals surface area contributed by atoms with Crippen LogP contribution in [0.2, 0.25) is 0 Å². The van der Waals surface area contributed by atoms with Crippen molar-refractivity contribution in [3.05, 3.63) is 0 Å². The van der Waals surface area contributed by atoms with E-state index in [4.69, 9.17) is 4.74 Å². The standard InChI is InChI=1S/C19H33N3O3/c1-25-14-13-22-15-16(7-8-18(22)23)19(24)21-10-4-9-20(11-12-21)17-5-2-3-6-17/h16-17H,2-15H2,1H3. The highest BCUT2D eigenvalue weighted by Crippen LogP contribution is 2.25. The lowest BCUT2D eigenvalue weighted by atomic mass is 9.96. The van der Waals surface area contributed by atoms with Crippen molar-refractivity contribution < 1.29 is 14.3 Å². The summed E-state index contributed by atoms with van der Waals surface area (Å²) in [4.78, 5) is 31.5. The van der Waals surface area contributed by atoms with Gasteiger partial charge in [0, 0.05) is 58.8 Å². The van der Waals surface area contributed by atoms with Crippen molar-refractivity contribution in [3.63, 3.8) is 0 Å². The van der Waals surface area contributed by atoms with Crippen molar-refractivity contribution in [2.24, 2.45) is 5.92 Å². The molecule has 0 bridgehead atoms. The average Bonchev–Trinajstić information content (AvgIpc) is 3.05. The van der Waals surface area contributed by atoms with Gasteiger partial charge >= 0.3 is 0 Å². The van der Waals surface area contributed by atoms with E-state index in [1.54, 1.807) is 12.0 Å². The molecule has 2 saturated heterocycles. The number of amides is 2. The van der Waals surface area contributed by atoms with E-state index in [0.717, 1.165) is 38.6 Å². The summed E-state index contributed by atoms with van der Waals surface area (Å²) in [5.74, 6) is 0.375. The molecule has 142 valence electrons. The molecule has 6 nitrogen and oxygen atoms in total. The minimum Gasteiger partial charge on any atom is -0.383 e.